The Balaban J connectivity index is 1.54. The Morgan fingerprint density at radius 3 is 2.26 bits per heavy atom. The van der Waals surface area contributed by atoms with Crippen molar-refractivity contribution in [3.8, 4) is 0 Å². The lowest BCUT2D eigenvalue weighted by Crippen LogP contribution is -2.51. The number of amides is 2. The molecule has 3 heterocycles. The zero-order valence-electron chi connectivity index (χ0n) is 15.6. The molecule has 140 valence electrons. The molecule has 0 aliphatic carbocycles. The molecule has 6 heteroatoms. The molecule has 3 aromatic rings. The maximum absolute atomic E-state index is 13.3. The first-order valence-corrected chi connectivity index (χ1v) is 9.31. The van der Waals surface area contributed by atoms with Crippen LogP contribution in [0.5, 0.6) is 0 Å². The summed E-state index contributed by atoms with van der Waals surface area (Å²) in [6.45, 7) is 6.88. The lowest BCUT2D eigenvalue weighted by Gasteiger charge is -2.34. The highest BCUT2D eigenvalue weighted by atomic mass is 16.3. The lowest BCUT2D eigenvalue weighted by atomic mass is 10.1. The minimum absolute atomic E-state index is 0.0376. The Labute approximate surface area is 158 Å². The molecule has 0 saturated carbocycles. The molecule has 0 atom stereocenters. The van der Waals surface area contributed by atoms with Gasteiger partial charge in [-0.15, -0.1) is 0 Å². The topological polar surface area (TPSA) is 58.7 Å². The van der Waals surface area contributed by atoms with Gasteiger partial charge in [0.15, 0.2) is 5.76 Å². The Kier molecular flexibility index (Phi) is 4.48. The van der Waals surface area contributed by atoms with E-state index in [-0.39, 0.29) is 11.8 Å². The van der Waals surface area contributed by atoms with E-state index >= 15 is 0 Å². The summed E-state index contributed by atoms with van der Waals surface area (Å²) in [5, 5.41) is 1.12. The van der Waals surface area contributed by atoms with Crippen LogP contribution >= 0.6 is 0 Å². The highest BCUT2D eigenvalue weighted by Crippen LogP contribution is 2.27. The quantitative estimate of drug-likeness (QED) is 0.716. The SMILES string of the molecule is CCn1c(C(=O)N2CCN(C(=O)c3ccco3)CC2)c(C)c2ccccc21. The van der Waals surface area contributed by atoms with E-state index in [1.54, 1.807) is 17.0 Å². The van der Waals surface area contributed by atoms with Crippen LogP contribution in [0, 0.1) is 6.92 Å². The Morgan fingerprint density at radius 2 is 1.63 bits per heavy atom. The number of carbonyl (C=O) groups is 2. The fourth-order valence-corrected chi connectivity index (χ4v) is 3.90. The summed E-state index contributed by atoms with van der Waals surface area (Å²) in [5.74, 6) is 0.262. The summed E-state index contributed by atoms with van der Waals surface area (Å²) in [7, 11) is 0. The molecule has 0 spiro atoms. The van der Waals surface area contributed by atoms with Crippen LogP contribution in [0.25, 0.3) is 10.9 Å². The summed E-state index contributed by atoms with van der Waals surface area (Å²) in [4.78, 5) is 29.2. The van der Waals surface area contributed by atoms with Gasteiger partial charge in [0, 0.05) is 43.6 Å². The number of hydrogen-bond acceptors (Lipinski definition) is 3. The van der Waals surface area contributed by atoms with Gasteiger partial charge in [-0.05, 0) is 37.6 Å². The summed E-state index contributed by atoms with van der Waals surface area (Å²) in [6, 6.07) is 11.5. The van der Waals surface area contributed by atoms with Gasteiger partial charge < -0.3 is 18.8 Å². The molecule has 4 rings (SSSR count). The van der Waals surface area contributed by atoms with Crippen molar-refractivity contribution in [3.05, 3.63) is 59.7 Å². The Morgan fingerprint density at radius 1 is 0.963 bits per heavy atom. The third kappa shape index (κ3) is 2.91. The van der Waals surface area contributed by atoms with Gasteiger partial charge in [0.1, 0.15) is 5.69 Å². The minimum atomic E-state index is -0.119. The molecule has 1 saturated heterocycles. The number of furan rings is 1. The molecular formula is C21H23N3O3. The second-order valence-electron chi connectivity index (χ2n) is 6.80. The number of para-hydroxylation sites is 1. The molecule has 0 radical (unpaired) electrons. The molecule has 0 bridgehead atoms. The second kappa shape index (κ2) is 6.95. The summed E-state index contributed by atoms with van der Waals surface area (Å²) in [6.07, 6.45) is 1.50. The van der Waals surface area contributed by atoms with Gasteiger partial charge in [-0.3, -0.25) is 9.59 Å². The molecule has 1 aliphatic heterocycles. The molecule has 1 aliphatic rings. The number of rotatable bonds is 3. The van der Waals surface area contributed by atoms with Crippen molar-refractivity contribution in [2.45, 2.75) is 20.4 Å². The van der Waals surface area contributed by atoms with E-state index in [2.05, 4.69) is 23.6 Å². The largest absolute Gasteiger partial charge is 0.459 e. The van der Waals surface area contributed by atoms with Gasteiger partial charge in [-0.25, -0.2) is 0 Å². The van der Waals surface area contributed by atoms with Gasteiger partial charge >= 0.3 is 0 Å². The summed E-state index contributed by atoms with van der Waals surface area (Å²) >= 11 is 0. The van der Waals surface area contributed by atoms with E-state index < -0.39 is 0 Å². The number of carbonyl (C=O) groups excluding carboxylic acids is 2. The van der Waals surface area contributed by atoms with Crippen LogP contribution in [-0.2, 0) is 6.54 Å². The fraction of sp³-hybridized carbons (Fsp3) is 0.333. The second-order valence-corrected chi connectivity index (χ2v) is 6.80. The maximum Gasteiger partial charge on any atom is 0.289 e. The number of fused-ring (bicyclic) bond motifs is 1. The first-order valence-electron chi connectivity index (χ1n) is 9.31. The predicted molar refractivity (Wildman–Crippen MR) is 103 cm³/mol. The highest BCUT2D eigenvalue weighted by Gasteiger charge is 2.29. The average molecular weight is 365 g/mol. The van der Waals surface area contributed by atoms with Crippen molar-refractivity contribution in [3.63, 3.8) is 0 Å². The van der Waals surface area contributed by atoms with E-state index in [1.807, 2.05) is 24.0 Å². The first-order chi connectivity index (χ1) is 13.1. The van der Waals surface area contributed by atoms with E-state index in [1.165, 1.54) is 6.26 Å². The van der Waals surface area contributed by atoms with Crippen LogP contribution < -0.4 is 0 Å². The predicted octanol–water partition coefficient (Wildman–Crippen LogP) is 3.16. The van der Waals surface area contributed by atoms with Crippen LogP contribution in [0.4, 0.5) is 0 Å². The average Bonchev–Trinajstić information content (AvgIpc) is 3.34. The number of benzene rings is 1. The van der Waals surface area contributed by atoms with E-state index in [9.17, 15) is 9.59 Å². The van der Waals surface area contributed by atoms with Gasteiger partial charge in [0.05, 0.1) is 6.26 Å². The van der Waals surface area contributed by atoms with Crippen LogP contribution in [-0.4, -0.2) is 52.4 Å². The summed E-state index contributed by atoms with van der Waals surface area (Å²) < 4.78 is 7.29. The fourth-order valence-electron chi connectivity index (χ4n) is 3.90. The zero-order valence-corrected chi connectivity index (χ0v) is 15.6. The van der Waals surface area contributed by atoms with Crippen LogP contribution in [0.3, 0.4) is 0 Å². The Hall–Kier alpha value is -3.02. The number of hydrogen-bond donors (Lipinski definition) is 0. The van der Waals surface area contributed by atoms with Crippen LogP contribution in [0.1, 0.15) is 33.5 Å². The Bertz CT molecular complexity index is 980. The highest BCUT2D eigenvalue weighted by molar-refractivity contribution is 6.01. The van der Waals surface area contributed by atoms with E-state index in [4.69, 9.17) is 4.42 Å². The smallest absolute Gasteiger partial charge is 0.289 e. The monoisotopic (exact) mass is 365 g/mol. The number of aromatic nitrogens is 1. The van der Waals surface area contributed by atoms with Gasteiger partial charge in [0.2, 0.25) is 0 Å². The first kappa shape index (κ1) is 17.4. The lowest BCUT2D eigenvalue weighted by molar-refractivity contribution is 0.0512. The molecule has 0 unspecified atom stereocenters. The molecule has 1 fully saturated rings. The molecule has 27 heavy (non-hydrogen) atoms. The number of aryl methyl sites for hydroxylation is 2. The van der Waals surface area contributed by atoms with Gasteiger partial charge in [-0.2, -0.15) is 0 Å². The van der Waals surface area contributed by atoms with Crippen molar-refractivity contribution >= 4 is 22.7 Å². The minimum Gasteiger partial charge on any atom is -0.459 e. The molecular weight excluding hydrogens is 342 g/mol. The summed E-state index contributed by atoms with van der Waals surface area (Å²) in [5.41, 5.74) is 2.86. The normalized spacial score (nSPS) is 14.7. The third-order valence-electron chi connectivity index (χ3n) is 5.33. The zero-order chi connectivity index (χ0) is 19.0. The van der Waals surface area contributed by atoms with Crippen molar-refractivity contribution in [2.24, 2.45) is 0 Å². The van der Waals surface area contributed by atoms with E-state index in [0.29, 0.717) is 31.9 Å². The number of piperazine rings is 1. The van der Waals surface area contributed by atoms with Gasteiger partial charge in [0.25, 0.3) is 11.8 Å². The standard InChI is InChI=1S/C21H23N3O3/c1-3-24-17-8-5-4-7-16(17)15(2)19(24)21(26)23-12-10-22(11-13-23)20(25)18-9-6-14-27-18/h4-9,14H,3,10-13H2,1-2H3. The molecule has 2 aromatic heterocycles. The van der Waals surface area contributed by atoms with E-state index in [0.717, 1.165) is 28.7 Å². The third-order valence-corrected chi connectivity index (χ3v) is 5.33. The van der Waals surface area contributed by atoms with Crippen molar-refractivity contribution < 1.29 is 14.0 Å². The van der Waals surface area contributed by atoms with Crippen molar-refractivity contribution in [1.82, 2.24) is 14.4 Å². The number of nitrogens with zero attached hydrogens (tertiary/aromatic N) is 3. The van der Waals surface area contributed by atoms with Crippen molar-refractivity contribution in [2.75, 3.05) is 26.2 Å². The molecule has 1 aromatic carbocycles. The maximum atomic E-state index is 13.3. The van der Waals surface area contributed by atoms with Crippen LogP contribution in [0.15, 0.2) is 47.1 Å². The molecule has 0 N–H and O–H groups in total. The van der Waals surface area contributed by atoms with Crippen molar-refractivity contribution in [1.29, 1.82) is 0 Å². The van der Waals surface area contributed by atoms with Crippen LogP contribution in [0.2, 0.25) is 0 Å². The van der Waals surface area contributed by atoms with Gasteiger partial charge in [-0.1, -0.05) is 18.2 Å². The molecule has 2 amide bonds. The molecule has 6 nitrogen and oxygen atoms in total.